The van der Waals surface area contributed by atoms with Crippen molar-refractivity contribution in [2.45, 2.75) is 13.3 Å². The summed E-state index contributed by atoms with van der Waals surface area (Å²) >= 11 is 1.48. The summed E-state index contributed by atoms with van der Waals surface area (Å²) in [6.45, 7) is 1.99. The van der Waals surface area contributed by atoms with Crippen molar-refractivity contribution in [2.75, 3.05) is 18.6 Å². The molecular weight excluding hydrogens is 526 g/mol. The standard InChI is InChI=1S/C21H18N4O2.C7H7N5S/c1-3-18-24-17-11-7-10-16(14-12-22-21(27-2)23-13-14)19(17)20(26)25(18)15-8-5-4-6-9-15;8-6-4(1-11-7(9)12-6)5-2-10-3-13-5/h4-13H,3H2,1-2H3;1-3H,(H4,8,9,11,12). The second-order valence-electron chi connectivity index (χ2n) is 8.41. The van der Waals surface area contributed by atoms with Crippen LogP contribution in [0.15, 0.2) is 83.6 Å². The average Bonchev–Trinajstić information content (AvgIpc) is 3.52. The maximum atomic E-state index is 13.5. The van der Waals surface area contributed by atoms with Gasteiger partial charge in [-0.15, -0.1) is 11.3 Å². The first-order valence-electron chi connectivity index (χ1n) is 12.2. The number of nitrogens with two attached hydrogens (primary N) is 2. The molecule has 0 fully saturated rings. The molecule has 0 unspecified atom stereocenters. The van der Waals surface area contributed by atoms with Crippen molar-refractivity contribution in [2.24, 2.45) is 0 Å². The van der Waals surface area contributed by atoms with Crippen LogP contribution < -0.4 is 21.8 Å². The van der Waals surface area contributed by atoms with Crippen molar-refractivity contribution in [1.82, 2.24) is 34.5 Å². The fourth-order valence-corrected chi connectivity index (χ4v) is 4.75. The molecule has 0 bridgehead atoms. The van der Waals surface area contributed by atoms with E-state index in [0.29, 0.717) is 23.1 Å². The van der Waals surface area contributed by atoms with Crippen LogP contribution in [-0.4, -0.2) is 41.6 Å². The van der Waals surface area contributed by atoms with Crippen molar-refractivity contribution in [3.63, 3.8) is 0 Å². The minimum atomic E-state index is -0.102. The SMILES string of the molecule is CCc1nc2cccc(-c3cnc(OC)nc3)c2c(=O)n1-c1ccccc1.Nc1ncc(-c2cncs2)c(N)n1. The van der Waals surface area contributed by atoms with Crippen LogP contribution in [-0.2, 0) is 6.42 Å². The minimum Gasteiger partial charge on any atom is -0.467 e. The highest BCUT2D eigenvalue weighted by atomic mass is 32.1. The third-order valence-electron chi connectivity index (χ3n) is 5.95. The van der Waals surface area contributed by atoms with Crippen molar-refractivity contribution < 1.29 is 4.74 Å². The summed E-state index contributed by atoms with van der Waals surface area (Å²) in [7, 11) is 1.52. The van der Waals surface area contributed by atoms with Crippen LogP contribution in [0.25, 0.3) is 38.2 Å². The van der Waals surface area contributed by atoms with Gasteiger partial charge in [-0.3, -0.25) is 14.3 Å². The monoisotopic (exact) mass is 551 g/mol. The number of rotatable bonds is 5. The first-order valence-corrected chi connectivity index (χ1v) is 13.1. The van der Waals surface area contributed by atoms with Crippen LogP contribution in [0, 0.1) is 0 Å². The second-order valence-corrected chi connectivity index (χ2v) is 9.29. The Morgan fingerprint density at radius 2 is 1.68 bits per heavy atom. The lowest BCUT2D eigenvalue weighted by atomic mass is 10.0. The molecule has 0 amide bonds. The van der Waals surface area contributed by atoms with Gasteiger partial charge in [0, 0.05) is 36.8 Å². The molecule has 0 radical (unpaired) electrons. The Kier molecular flexibility index (Phi) is 7.69. The minimum absolute atomic E-state index is 0.102. The summed E-state index contributed by atoms with van der Waals surface area (Å²) in [4.78, 5) is 39.1. The van der Waals surface area contributed by atoms with E-state index in [-0.39, 0.29) is 17.5 Å². The Morgan fingerprint density at radius 3 is 2.33 bits per heavy atom. The molecule has 0 saturated heterocycles. The van der Waals surface area contributed by atoms with E-state index in [1.807, 2.05) is 55.5 Å². The summed E-state index contributed by atoms with van der Waals surface area (Å²) in [6, 6.07) is 15.5. The molecule has 6 rings (SSSR count). The van der Waals surface area contributed by atoms with Crippen LogP contribution in [0.5, 0.6) is 6.01 Å². The molecule has 0 aliphatic heterocycles. The van der Waals surface area contributed by atoms with Gasteiger partial charge in [0.15, 0.2) is 0 Å². The maximum absolute atomic E-state index is 13.5. The molecule has 11 nitrogen and oxygen atoms in total. The van der Waals surface area contributed by atoms with Crippen LogP contribution in [0.2, 0.25) is 0 Å². The zero-order chi connectivity index (χ0) is 28.1. The number of methoxy groups -OCH3 is 1. The van der Waals surface area contributed by atoms with Gasteiger partial charge in [-0.2, -0.15) is 4.98 Å². The molecule has 12 heteroatoms. The van der Waals surface area contributed by atoms with Gasteiger partial charge in [0.25, 0.3) is 5.56 Å². The quantitative estimate of drug-likeness (QED) is 0.318. The van der Waals surface area contributed by atoms with Crippen LogP contribution in [0.1, 0.15) is 12.7 Å². The van der Waals surface area contributed by atoms with E-state index >= 15 is 0 Å². The molecule has 0 atom stereocenters. The summed E-state index contributed by atoms with van der Waals surface area (Å²) in [5, 5.41) is 0.548. The predicted octanol–water partition coefficient (Wildman–Crippen LogP) is 4.18. The van der Waals surface area contributed by atoms with Crippen LogP contribution in [0.3, 0.4) is 0 Å². The summed E-state index contributed by atoms with van der Waals surface area (Å²) in [5.74, 6) is 1.30. The Labute approximate surface area is 233 Å². The number of aryl methyl sites for hydroxylation is 1. The number of hydrogen-bond donors (Lipinski definition) is 2. The molecule has 4 heterocycles. The van der Waals surface area contributed by atoms with Crippen molar-refractivity contribution in [3.8, 4) is 33.3 Å². The largest absolute Gasteiger partial charge is 0.467 e. The molecule has 6 aromatic rings. The van der Waals surface area contributed by atoms with Crippen molar-refractivity contribution >= 4 is 34.0 Å². The van der Waals surface area contributed by atoms with Crippen molar-refractivity contribution in [1.29, 1.82) is 0 Å². The molecule has 0 aliphatic carbocycles. The number of fused-ring (bicyclic) bond motifs is 1. The number of benzene rings is 2. The Balaban J connectivity index is 0.000000207. The molecule has 4 aromatic heterocycles. The Morgan fingerprint density at radius 1 is 0.900 bits per heavy atom. The van der Waals surface area contributed by atoms with Gasteiger partial charge < -0.3 is 16.2 Å². The number of nitrogens with zero attached hydrogens (tertiary/aromatic N) is 7. The van der Waals surface area contributed by atoms with E-state index in [1.165, 1.54) is 18.4 Å². The molecule has 40 heavy (non-hydrogen) atoms. The molecule has 0 spiro atoms. The summed E-state index contributed by atoms with van der Waals surface area (Å²) in [5.41, 5.74) is 16.4. The molecule has 200 valence electrons. The lowest BCUT2D eigenvalue weighted by Crippen LogP contribution is -2.24. The molecule has 0 aliphatic rings. The van der Waals surface area contributed by atoms with E-state index in [1.54, 1.807) is 34.9 Å². The molecule has 4 N–H and O–H groups in total. The number of aromatic nitrogens is 7. The number of hydrogen-bond acceptors (Lipinski definition) is 11. The van der Waals surface area contributed by atoms with Gasteiger partial charge >= 0.3 is 6.01 Å². The van der Waals surface area contributed by atoms with E-state index in [2.05, 4.69) is 24.9 Å². The first-order chi connectivity index (χ1) is 19.5. The number of para-hydroxylation sites is 1. The molecule has 2 aromatic carbocycles. The van der Waals surface area contributed by atoms with Crippen molar-refractivity contribution in [3.05, 3.63) is 95.0 Å². The number of nitrogen functional groups attached to an aromatic ring is 2. The van der Waals surface area contributed by atoms with E-state index in [4.69, 9.17) is 21.2 Å². The highest BCUT2D eigenvalue weighted by Gasteiger charge is 2.16. The van der Waals surface area contributed by atoms with Gasteiger partial charge in [-0.1, -0.05) is 37.3 Å². The smallest absolute Gasteiger partial charge is 0.316 e. The zero-order valence-corrected chi connectivity index (χ0v) is 22.5. The number of anilines is 2. The first kappa shape index (κ1) is 26.4. The lowest BCUT2D eigenvalue weighted by Gasteiger charge is -2.14. The fourth-order valence-electron chi connectivity index (χ4n) is 4.11. The fraction of sp³-hybridized carbons (Fsp3) is 0.107. The third-order valence-corrected chi connectivity index (χ3v) is 6.76. The van der Waals surface area contributed by atoms with E-state index in [9.17, 15) is 4.79 Å². The van der Waals surface area contributed by atoms with Gasteiger partial charge in [-0.05, 0) is 23.8 Å². The summed E-state index contributed by atoms with van der Waals surface area (Å²) in [6.07, 6.45) is 7.28. The highest BCUT2D eigenvalue weighted by Crippen LogP contribution is 2.27. The lowest BCUT2D eigenvalue weighted by molar-refractivity contribution is 0.380. The Hall–Kier alpha value is -5.23. The summed E-state index contributed by atoms with van der Waals surface area (Å²) < 4.78 is 6.70. The Bertz CT molecular complexity index is 1810. The average molecular weight is 552 g/mol. The molecular formula is C28H25N9O2S. The van der Waals surface area contributed by atoms with Crippen LogP contribution in [0.4, 0.5) is 11.8 Å². The van der Waals surface area contributed by atoms with E-state index < -0.39 is 0 Å². The third kappa shape index (κ3) is 5.33. The van der Waals surface area contributed by atoms with Gasteiger partial charge in [0.2, 0.25) is 5.95 Å². The second kappa shape index (κ2) is 11.7. The topological polar surface area (TPSA) is 161 Å². The zero-order valence-electron chi connectivity index (χ0n) is 21.7. The van der Waals surface area contributed by atoms with Gasteiger partial charge in [-0.25, -0.2) is 19.9 Å². The number of ether oxygens (including phenoxy) is 1. The van der Waals surface area contributed by atoms with Gasteiger partial charge in [0.1, 0.15) is 11.6 Å². The maximum Gasteiger partial charge on any atom is 0.316 e. The predicted molar refractivity (Wildman–Crippen MR) is 156 cm³/mol. The highest BCUT2D eigenvalue weighted by molar-refractivity contribution is 7.13. The number of thiazole rings is 1. The molecule has 0 saturated carbocycles. The normalized spacial score (nSPS) is 10.7. The van der Waals surface area contributed by atoms with E-state index in [0.717, 1.165) is 33.1 Å². The van der Waals surface area contributed by atoms with Crippen LogP contribution >= 0.6 is 11.3 Å². The van der Waals surface area contributed by atoms with Gasteiger partial charge in [0.05, 0.1) is 39.7 Å².